The van der Waals surface area contributed by atoms with Crippen LogP contribution in [0.3, 0.4) is 0 Å². The largest absolute Gasteiger partial charge is 0.385 e. The van der Waals surface area contributed by atoms with Crippen LogP contribution >= 0.6 is 0 Å². The summed E-state index contributed by atoms with van der Waals surface area (Å²) < 4.78 is 5.62. The number of benzene rings is 1. The van der Waals surface area contributed by atoms with Gasteiger partial charge in [0.15, 0.2) is 0 Å². The third kappa shape index (κ3) is 9.83. The summed E-state index contributed by atoms with van der Waals surface area (Å²) in [5.74, 6) is 0. The van der Waals surface area contributed by atoms with Gasteiger partial charge in [-0.25, -0.2) is 0 Å². The van der Waals surface area contributed by atoms with E-state index in [1.165, 1.54) is 63.5 Å². The Morgan fingerprint density at radius 3 is 2.18 bits per heavy atom. The molecule has 0 fully saturated rings. The average Bonchev–Trinajstić information content (AvgIpc) is 2.57. The van der Waals surface area contributed by atoms with Crippen LogP contribution in [0.25, 0.3) is 0 Å². The van der Waals surface area contributed by atoms with Crippen molar-refractivity contribution < 1.29 is 4.74 Å². The van der Waals surface area contributed by atoms with Crippen molar-refractivity contribution in [2.24, 2.45) is 0 Å². The van der Waals surface area contributed by atoms with Gasteiger partial charge in [-0.3, -0.25) is 0 Å². The third-order valence-corrected chi connectivity index (χ3v) is 4.27. The molecule has 0 spiro atoms. The Bertz CT molecular complexity index is 339. The molecule has 1 rings (SSSR count). The molecule has 0 amide bonds. The molecule has 2 nitrogen and oxygen atoms in total. The van der Waals surface area contributed by atoms with Gasteiger partial charge in [0.1, 0.15) is 0 Å². The van der Waals surface area contributed by atoms with Crippen LogP contribution in [-0.2, 0) is 4.74 Å². The highest BCUT2D eigenvalue weighted by Gasteiger charge is 2.06. The Morgan fingerprint density at radius 2 is 1.50 bits per heavy atom. The zero-order chi connectivity index (χ0) is 15.9. The van der Waals surface area contributed by atoms with Gasteiger partial charge in [0, 0.05) is 19.3 Å². The highest BCUT2D eigenvalue weighted by Crippen LogP contribution is 2.14. The molecule has 0 saturated heterocycles. The number of para-hydroxylation sites is 1. The predicted molar refractivity (Wildman–Crippen MR) is 97.6 cm³/mol. The summed E-state index contributed by atoms with van der Waals surface area (Å²) in [5.41, 5.74) is 1.21. The van der Waals surface area contributed by atoms with E-state index in [4.69, 9.17) is 4.74 Å². The van der Waals surface area contributed by atoms with E-state index in [-0.39, 0.29) is 0 Å². The Hall–Kier alpha value is -1.02. The molecule has 0 heterocycles. The summed E-state index contributed by atoms with van der Waals surface area (Å²) in [5, 5.41) is 3.46. The van der Waals surface area contributed by atoms with Gasteiger partial charge in [-0.15, -0.1) is 0 Å². The summed E-state index contributed by atoms with van der Waals surface area (Å²) in [4.78, 5) is 0. The number of rotatable bonds is 14. The fourth-order valence-corrected chi connectivity index (χ4v) is 2.83. The second kappa shape index (κ2) is 13.6. The average molecular weight is 306 g/mol. The van der Waals surface area contributed by atoms with E-state index < -0.39 is 0 Å². The molecule has 126 valence electrons. The van der Waals surface area contributed by atoms with Gasteiger partial charge < -0.3 is 10.1 Å². The minimum absolute atomic E-state index is 0.438. The molecule has 1 N–H and O–H groups in total. The van der Waals surface area contributed by atoms with Gasteiger partial charge >= 0.3 is 0 Å². The van der Waals surface area contributed by atoms with Gasteiger partial charge in [-0.1, -0.05) is 70.1 Å². The Balaban J connectivity index is 1.97. The Labute approximate surface area is 137 Å². The number of hydrogen-bond donors (Lipinski definition) is 1. The van der Waals surface area contributed by atoms with Crippen molar-refractivity contribution in [2.75, 3.05) is 19.0 Å². The summed E-state index contributed by atoms with van der Waals surface area (Å²) in [6.07, 6.45) is 13.6. The van der Waals surface area contributed by atoms with Crippen LogP contribution in [0.15, 0.2) is 30.3 Å². The molecule has 0 aromatic heterocycles. The number of hydrogen-bond acceptors (Lipinski definition) is 2. The van der Waals surface area contributed by atoms with E-state index >= 15 is 0 Å². The lowest BCUT2D eigenvalue weighted by Gasteiger charge is -2.15. The highest BCUT2D eigenvalue weighted by atomic mass is 16.5. The molecule has 2 heteroatoms. The second-order valence-corrected chi connectivity index (χ2v) is 6.20. The molecular formula is C20H35NO. The SMILES string of the molecule is CCCCCCCCCC(CCCNc1ccccc1)OC. The first-order chi connectivity index (χ1) is 10.9. The number of ether oxygens (including phenoxy) is 1. The first-order valence-electron chi connectivity index (χ1n) is 9.18. The normalized spacial score (nSPS) is 12.3. The number of anilines is 1. The maximum Gasteiger partial charge on any atom is 0.0572 e. The van der Waals surface area contributed by atoms with Crippen molar-refractivity contribution in [3.05, 3.63) is 30.3 Å². The second-order valence-electron chi connectivity index (χ2n) is 6.20. The molecule has 0 aliphatic heterocycles. The molecule has 0 saturated carbocycles. The maximum atomic E-state index is 5.62. The van der Waals surface area contributed by atoms with Crippen LogP contribution in [0.1, 0.15) is 71.1 Å². The monoisotopic (exact) mass is 305 g/mol. The van der Waals surface area contributed by atoms with Crippen molar-refractivity contribution in [3.63, 3.8) is 0 Å². The van der Waals surface area contributed by atoms with E-state index in [0.717, 1.165) is 13.0 Å². The summed E-state index contributed by atoms with van der Waals surface area (Å²) in [7, 11) is 1.86. The third-order valence-electron chi connectivity index (χ3n) is 4.27. The minimum atomic E-state index is 0.438. The topological polar surface area (TPSA) is 21.3 Å². The smallest absolute Gasteiger partial charge is 0.0572 e. The van der Waals surface area contributed by atoms with Crippen LogP contribution in [0.4, 0.5) is 5.69 Å². The van der Waals surface area contributed by atoms with Crippen molar-refractivity contribution in [2.45, 2.75) is 77.2 Å². The molecule has 0 radical (unpaired) electrons. The predicted octanol–water partition coefficient (Wildman–Crippen LogP) is 6.03. The zero-order valence-corrected chi connectivity index (χ0v) is 14.7. The van der Waals surface area contributed by atoms with Crippen LogP contribution in [0, 0.1) is 0 Å². The summed E-state index contributed by atoms with van der Waals surface area (Å²) in [6, 6.07) is 10.4. The minimum Gasteiger partial charge on any atom is -0.385 e. The van der Waals surface area contributed by atoms with Gasteiger partial charge in [0.25, 0.3) is 0 Å². The summed E-state index contributed by atoms with van der Waals surface area (Å²) in [6.45, 7) is 3.30. The Kier molecular flexibility index (Phi) is 11.8. The van der Waals surface area contributed by atoms with Crippen LogP contribution in [0.2, 0.25) is 0 Å². The van der Waals surface area contributed by atoms with E-state index in [9.17, 15) is 0 Å². The summed E-state index contributed by atoms with van der Waals surface area (Å²) >= 11 is 0. The quantitative estimate of drug-likeness (QED) is 0.423. The molecule has 1 atom stereocenters. The molecule has 0 aliphatic rings. The van der Waals surface area contributed by atoms with Gasteiger partial charge in [-0.05, 0) is 31.4 Å². The number of methoxy groups -OCH3 is 1. The van der Waals surface area contributed by atoms with Crippen LogP contribution in [0.5, 0.6) is 0 Å². The lowest BCUT2D eigenvalue weighted by atomic mass is 10.0. The highest BCUT2D eigenvalue weighted by molar-refractivity contribution is 5.42. The van der Waals surface area contributed by atoms with Gasteiger partial charge in [-0.2, -0.15) is 0 Å². The van der Waals surface area contributed by atoms with E-state index in [0.29, 0.717) is 6.10 Å². The lowest BCUT2D eigenvalue weighted by Crippen LogP contribution is -2.13. The zero-order valence-electron chi connectivity index (χ0n) is 14.7. The molecule has 0 bridgehead atoms. The lowest BCUT2D eigenvalue weighted by molar-refractivity contribution is 0.0846. The molecule has 22 heavy (non-hydrogen) atoms. The molecule has 1 aromatic carbocycles. The fourth-order valence-electron chi connectivity index (χ4n) is 2.83. The van der Waals surface area contributed by atoms with Crippen LogP contribution < -0.4 is 5.32 Å². The Morgan fingerprint density at radius 1 is 0.864 bits per heavy atom. The van der Waals surface area contributed by atoms with Crippen molar-refractivity contribution in [3.8, 4) is 0 Å². The van der Waals surface area contributed by atoms with Crippen molar-refractivity contribution in [1.82, 2.24) is 0 Å². The first kappa shape index (κ1) is 19.0. The standard InChI is InChI=1S/C20H35NO/c1-3-4-5-6-7-8-12-16-20(22-2)17-13-18-21-19-14-10-9-11-15-19/h9-11,14-15,20-21H,3-8,12-13,16-18H2,1-2H3. The van der Waals surface area contributed by atoms with Crippen LogP contribution in [-0.4, -0.2) is 19.8 Å². The van der Waals surface area contributed by atoms with Gasteiger partial charge in [0.05, 0.1) is 6.10 Å². The molecule has 1 aromatic rings. The van der Waals surface area contributed by atoms with Gasteiger partial charge in [0.2, 0.25) is 0 Å². The number of unbranched alkanes of at least 4 members (excludes halogenated alkanes) is 6. The fraction of sp³-hybridized carbons (Fsp3) is 0.700. The molecule has 0 aliphatic carbocycles. The first-order valence-corrected chi connectivity index (χ1v) is 9.18. The van der Waals surface area contributed by atoms with E-state index in [2.05, 4.69) is 36.5 Å². The number of nitrogens with one attached hydrogen (secondary N) is 1. The maximum absolute atomic E-state index is 5.62. The molecular weight excluding hydrogens is 270 g/mol. The van der Waals surface area contributed by atoms with Crippen molar-refractivity contribution in [1.29, 1.82) is 0 Å². The van der Waals surface area contributed by atoms with E-state index in [1.54, 1.807) is 0 Å². The molecule has 1 unspecified atom stereocenters. The van der Waals surface area contributed by atoms with Crippen molar-refractivity contribution >= 4 is 5.69 Å². The van der Waals surface area contributed by atoms with E-state index in [1.807, 2.05) is 13.2 Å².